The zero-order valence-electron chi connectivity index (χ0n) is 18.4. The first-order valence-electron chi connectivity index (χ1n) is 10.3. The van der Waals surface area contributed by atoms with Crippen molar-refractivity contribution in [3.8, 4) is 0 Å². The number of hydrogen-bond acceptors (Lipinski definition) is 6. The van der Waals surface area contributed by atoms with Crippen molar-refractivity contribution in [2.24, 2.45) is 5.92 Å². The molecule has 1 unspecified atom stereocenters. The lowest BCUT2D eigenvalue weighted by Gasteiger charge is -2.36. The average Bonchev–Trinajstić information content (AvgIpc) is 3.17. The van der Waals surface area contributed by atoms with Gasteiger partial charge in [-0.1, -0.05) is 19.9 Å². The molecule has 0 saturated carbocycles. The van der Waals surface area contributed by atoms with Crippen molar-refractivity contribution in [3.05, 3.63) is 59.0 Å². The molecule has 4 rings (SSSR count). The van der Waals surface area contributed by atoms with E-state index >= 15 is 0 Å². The van der Waals surface area contributed by atoms with Crippen molar-refractivity contribution >= 4 is 23.4 Å². The molecule has 2 N–H and O–H groups in total. The molecule has 1 amide bonds. The summed E-state index contributed by atoms with van der Waals surface area (Å²) in [6.07, 6.45) is 3.34. The van der Waals surface area contributed by atoms with Gasteiger partial charge >= 0.3 is 0 Å². The van der Waals surface area contributed by atoms with E-state index in [1.54, 1.807) is 12.4 Å². The van der Waals surface area contributed by atoms with E-state index in [2.05, 4.69) is 25.7 Å². The lowest BCUT2D eigenvalue weighted by atomic mass is 9.99. The van der Waals surface area contributed by atoms with Crippen molar-refractivity contribution < 1.29 is 13.6 Å². The van der Waals surface area contributed by atoms with Gasteiger partial charge in [0.1, 0.15) is 23.4 Å². The van der Waals surface area contributed by atoms with Gasteiger partial charge in [-0.15, -0.1) is 0 Å². The maximum Gasteiger partial charge on any atom is 0.247 e. The molecule has 1 atom stereocenters. The summed E-state index contributed by atoms with van der Waals surface area (Å²) in [6, 6.07) is 3.47. The van der Waals surface area contributed by atoms with Crippen LogP contribution in [0.2, 0.25) is 0 Å². The summed E-state index contributed by atoms with van der Waals surface area (Å²) in [5, 5.41) is 10.3. The van der Waals surface area contributed by atoms with Gasteiger partial charge in [0.25, 0.3) is 0 Å². The highest BCUT2D eigenvalue weighted by Crippen LogP contribution is 2.34. The number of nitrogens with one attached hydrogen (secondary N) is 2. The van der Waals surface area contributed by atoms with E-state index < -0.39 is 11.6 Å². The molecule has 2 aromatic heterocycles. The van der Waals surface area contributed by atoms with E-state index in [-0.39, 0.29) is 30.0 Å². The standard InChI is InChI=1S/C22H25F2N7O/c1-12(2)19-21(32)28-18-13(3)27-22(29-20(18)30(19)4)25-8-14-9-26-31(10-14)11-15-16(23)6-5-7-17(15)24/h5-7,9-10,12,19H,8,11H2,1-4H3,(H,28,32)(H,25,27,29). The Balaban J connectivity index is 1.49. The number of amides is 1. The van der Waals surface area contributed by atoms with Crippen LogP contribution in [0.3, 0.4) is 0 Å². The number of carbonyl (C=O) groups excluding carboxylic acids is 1. The van der Waals surface area contributed by atoms with Crippen molar-refractivity contribution in [1.82, 2.24) is 19.7 Å². The predicted octanol–water partition coefficient (Wildman–Crippen LogP) is 3.33. The van der Waals surface area contributed by atoms with Crippen LogP contribution in [0.15, 0.2) is 30.6 Å². The van der Waals surface area contributed by atoms with Crippen molar-refractivity contribution in [1.29, 1.82) is 0 Å². The zero-order chi connectivity index (χ0) is 23.0. The van der Waals surface area contributed by atoms with Crippen molar-refractivity contribution in [2.75, 3.05) is 22.6 Å². The van der Waals surface area contributed by atoms with E-state index in [0.29, 0.717) is 29.7 Å². The Morgan fingerprint density at radius 2 is 1.94 bits per heavy atom. The Morgan fingerprint density at radius 3 is 2.62 bits per heavy atom. The number of rotatable bonds is 6. The molecule has 0 radical (unpaired) electrons. The molecular weight excluding hydrogens is 416 g/mol. The van der Waals surface area contributed by atoms with Crippen LogP contribution in [0.25, 0.3) is 0 Å². The second-order valence-electron chi connectivity index (χ2n) is 8.22. The molecule has 0 bridgehead atoms. The lowest BCUT2D eigenvalue weighted by molar-refractivity contribution is -0.118. The second-order valence-corrected chi connectivity index (χ2v) is 8.22. The SMILES string of the molecule is Cc1nc(NCc2cnn(Cc3c(F)cccc3F)c2)nc2c1NC(=O)C(C(C)C)N2C. The van der Waals surface area contributed by atoms with Crippen LogP contribution in [-0.4, -0.2) is 38.7 Å². The van der Waals surface area contributed by atoms with Crippen LogP contribution in [0.1, 0.15) is 30.7 Å². The van der Waals surface area contributed by atoms with E-state index in [1.165, 1.54) is 22.9 Å². The zero-order valence-corrected chi connectivity index (χ0v) is 18.4. The monoisotopic (exact) mass is 441 g/mol. The first kappa shape index (κ1) is 21.7. The van der Waals surface area contributed by atoms with Crippen molar-refractivity contribution in [3.63, 3.8) is 0 Å². The van der Waals surface area contributed by atoms with E-state index in [4.69, 9.17) is 0 Å². The number of anilines is 3. The summed E-state index contributed by atoms with van der Waals surface area (Å²) in [7, 11) is 1.85. The van der Waals surface area contributed by atoms with Crippen LogP contribution < -0.4 is 15.5 Å². The Labute approximate surface area is 184 Å². The number of halogens is 2. The highest BCUT2D eigenvalue weighted by Gasteiger charge is 2.35. The van der Waals surface area contributed by atoms with Crippen LogP contribution in [0, 0.1) is 24.5 Å². The maximum absolute atomic E-state index is 13.9. The largest absolute Gasteiger partial charge is 0.350 e. The molecule has 0 saturated heterocycles. The molecule has 0 fully saturated rings. The Bertz CT molecular complexity index is 1140. The topological polar surface area (TPSA) is 88.0 Å². The smallest absolute Gasteiger partial charge is 0.247 e. The number of hydrogen-bond donors (Lipinski definition) is 2. The first-order valence-corrected chi connectivity index (χ1v) is 10.3. The van der Waals surface area contributed by atoms with Crippen LogP contribution in [-0.2, 0) is 17.9 Å². The number of aromatic nitrogens is 4. The molecule has 168 valence electrons. The molecule has 3 aromatic rings. The molecule has 32 heavy (non-hydrogen) atoms. The predicted molar refractivity (Wildman–Crippen MR) is 117 cm³/mol. The summed E-state index contributed by atoms with van der Waals surface area (Å²) in [4.78, 5) is 23.4. The fraction of sp³-hybridized carbons (Fsp3) is 0.364. The minimum Gasteiger partial charge on any atom is -0.350 e. The molecular formula is C22H25F2N7O. The Kier molecular flexibility index (Phi) is 5.77. The van der Waals surface area contributed by atoms with Gasteiger partial charge in [0.05, 0.1) is 18.4 Å². The number of fused-ring (bicyclic) bond motifs is 1. The summed E-state index contributed by atoms with van der Waals surface area (Å²) in [6.45, 7) is 6.17. The fourth-order valence-corrected chi connectivity index (χ4v) is 3.90. The maximum atomic E-state index is 13.9. The molecule has 3 heterocycles. The third-order valence-corrected chi connectivity index (χ3v) is 5.49. The summed E-state index contributed by atoms with van der Waals surface area (Å²) < 4.78 is 29.2. The lowest BCUT2D eigenvalue weighted by Crippen LogP contribution is -2.49. The van der Waals surface area contributed by atoms with Gasteiger partial charge in [-0.2, -0.15) is 10.1 Å². The fourth-order valence-electron chi connectivity index (χ4n) is 3.90. The van der Waals surface area contributed by atoms with Gasteiger partial charge in [-0.3, -0.25) is 9.48 Å². The number of benzene rings is 1. The molecule has 1 aromatic carbocycles. The molecule has 1 aliphatic heterocycles. The summed E-state index contributed by atoms with van der Waals surface area (Å²) >= 11 is 0. The average molecular weight is 441 g/mol. The second kappa shape index (κ2) is 8.52. The number of carbonyl (C=O) groups is 1. The normalized spacial score (nSPS) is 15.7. The first-order chi connectivity index (χ1) is 15.2. The molecule has 10 heteroatoms. The highest BCUT2D eigenvalue weighted by molar-refractivity contribution is 6.03. The highest BCUT2D eigenvalue weighted by atomic mass is 19.1. The molecule has 8 nitrogen and oxygen atoms in total. The summed E-state index contributed by atoms with van der Waals surface area (Å²) in [5.74, 6) is -0.0854. The van der Waals surface area contributed by atoms with Gasteiger partial charge < -0.3 is 15.5 Å². The number of aryl methyl sites for hydroxylation is 1. The number of likely N-dealkylation sites (N-methyl/N-ethyl adjacent to an activating group) is 1. The molecule has 1 aliphatic rings. The molecule has 0 spiro atoms. The van der Waals surface area contributed by atoms with Gasteiger partial charge in [0.2, 0.25) is 11.9 Å². The van der Waals surface area contributed by atoms with Crippen molar-refractivity contribution in [2.45, 2.75) is 39.9 Å². The van der Waals surface area contributed by atoms with Crippen LogP contribution in [0.5, 0.6) is 0 Å². The van der Waals surface area contributed by atoms with Gasteiger partial charge in [-0.05, 0) is 25.0 Å². The minimum absolute atomic E-state index is 0.00591. The Hall–Kier alpha value is -3.56. The van der Waals surface area contributed by atoms with Crippen LogP contribution in [0.4, 0.5) is 26.2 Å². The molecule has 0 aliphatic carbocycles. The number of nitrogens with zero attached hydrogens (tertiary/aromatic N) is 5. The van der Waals surface area contributed by atoms with E-state index in [9.17, 15) is 13.6 Å². The van der Waals surface area contributed by atoms with Gasteiger partial charge in [0, 0.05) is 30.9 Å². The van der Waals surface area contributed by atoms with Gasteiger partial charge in [-0.25, -0.2) is 13.8 Å². The third-order valence-electron chi connectivity index (χ3n) is 5.49. The van der Waals surface area contributed by atoms with Gasteiger partial charge in [0.15, 0.2) is 5.82 Å². The Morgan fingerprint density at radius 1 is 1.22 bits per heavy atom. The quantitative estimate of drug-likeness (QED) is 0.610. The van der Waals surface area contributed by atoms with E-state index in [1.807, 2.05) is 32.7 Å². The third kappa shape index (κ3) is 4.12. The minimum atomic E-state index is -0.603. The van der Waals surface area contributed by atoms with Crippen LogP contribution >= 0.6 is 0 Å². The summed E-state index contributed by atoms with van der Waals surface area (Å²) in [5.41, 5.74) is 2.04. The van der Waals surface area contributed by atoms with E-state index in [0.717, 1.165) is 5.56 Å².